The van der Waals surface area contributed by atoms with Crippen LogP contribution in [0.3, 0.4) is 0 Å². The van der Waals surface area contributed by atoms with Gasteiger partial charge in [0.05, 0.1) is 13.3 Å². The zero-order valence-corrected chi connectivity index (χ0v) is 14.2. The van der Waals surface area contributed by atoms with Gasteiger partial charge in [-0.05, 0) is 30.3 Å². The Kier molecular flexibility index (Phi) is 5.05. The molecule has 0 bridgehead atoms. The number of rotatable bonds is 4. The lowest BCUT2D eigenvalue weighted by Crippen LogP contribution is -2.15. The molecule has 1 amide bonds. The van der Waals surface area contributed by atoms with E-state index in [0.29, 0.717) is 11.4 Å². The Hall–Kier alpha value is -3.07. The number of hydrogen-bond donors (Lipinski definition) is 2. The molecule has 0 aliphatic carbocycles. The number of nitriles is 1. The Labute approximate surface area is 141 Å². The number of methoxy groups -OCH3 is 1. The van der Waals surface area contributed by atoms with Gasteiger partial charge in [0.25, 0.3) is 5.91 Å². The number of carbonyl (C=O) groups is 1. The van der Waals surface area contributed by atoms with Gasteiger partial charge in [0, 0.05) is 22.4 Å². The molecule has 1 heterocycles. The van der Waals surface area contributed by atoms with E-state index in [2.05, 4.69) is 15.5 Å². The molecule has 0 spiro atoms. The highest BCUT2D eigenvalue weighted by molar-refractivity contribution is 6.09. The second kappa shape index (κ2) is 7.01. The Morgan fingerprint density at radius 1 is 1.33 bits per heavy atom. The molecule has 2 N–H and O–H groups in total. The first kappa shape index (κ1) is 17.3. The van der Waals surface area contributed by atoms with E-state index in [1.54, 1.807) is 43.6 Å². The van der Waals surface area contributed by atoms with Crippen LogP contribution in [0.2, 0.25) is 0 Å². The highest BCUT2D eigenvalue weighted by Crippen LogP contribution is 2.25. The molecule has 0 unspecified atom stereocenters. The van der Waals surface area contributed by atoms with Gasteiger partial charge in [-0.2, -0.15) is 10.4 Å². The van der Waals surface area contributed by atoms with E-state index >= 15 is 0 Å². The molecule has 6 heteroatoms. The minimum atomic E-state index is -0.469. The van der Waals surface area contributed by atoms with E-state index in [9.17, 15) is 10.1 Å². The molecule has 124 valence electrons. The largest absolute Gasteiger partial charge is 0.497 e. The maximum Gasteiger partial charge on any atom is 0.266 e. The van der Waals surface area contributed by atoms with Crippen LogP contribution < -0.4 is 10.1 Å². The molecule has 0 aliphatic heterocycles. The normalized spacial score (nSPS) is 11.7. The fourth-order valence-electron chi connectivity index (χ4n) is 2.18. The number of aromatic amines is 1. The summed E-state index contributed by atoms with van der Waals surface area (Å²) in [5, 5.41) is 19.0. The van der Waals surface area contributed by atoms with E-state index in [0.717, 1.165) is 11.3 Å². The van der Waals surface area contributed by atoms with Crippen molar-refractivity contribution < 1.29 is 9.53 Å². The fourth-order valence-corrected chi connectivity index (χ4v) is 2.18. The number of nitrogens with one attached hydrogen (secondary N) is 2. The molecular weight excluding hydrogens is 304 g/mol. The van der Waals surface area contributed by atoms with Gasteiger partial charge < -0.3 is 10.1 Å². The third kappa shape index (κ3) is 4.02. The zero-order chi connectivity index (χ0) is 17.7. The molecule has 24 heavy (non-hydrogen) atoms. The lowest BCUT2D eigenvalue weighted by Gasteiger charge is -2.17. The third-order valence-electron chi connectivity index (χ3n) is 3.43. The van der Waals surface area contributed by atoms with Crippen LogP contribution in [0, 0.1) is 11.3 Å². The molecule has 0 atom stereocenters. The van der Waals surface area contributed by atoms with Crippen LogP contribution in [-0.4, -0.2) is 23.2 Å². The summed E-state index contributed by atoms with van der Waals surface area (Å²) in [5.74, 6) is 0.223. The standard InChI is InChI=1S/C18H20N4O2/c1-18(2,3)16-13(11-20-22-16)9-12(10-19)17(23)21-14-5-7-15(24-4)8-6-14/h5-9,11H,1-4H3,(H,20,22)(H,21,23). The number of H-pyrrole nitrogens is 1. The first-order valence-corrected chi connectivity index (χ1v) is 7.46. The van der Waals surface area contributed by atoms with Crippen molar-refractivity contribution in [2.24, 2.45) is 0 Å². The van der Waals surface area contributed by atoms with Crippen molar-refractivity contribution in [1.29, 1.82) is 5.26 Å². The van der Waals surface area contributed by atoms with E-state index in [4.69, 9.17) is 4.74 Å². The van der Waals surface area contributed by atoms with Crippen molar-refractivity contribution in [2.75, 3.05) is 12.4 Å². The lowest BCUT2D eigenvalue weighted by atomic mass is 9.89. The Balaban J connectivity index is 2.23. The summed E-state index contributed by atoms with van der Waals surface area (Å²) >= 11 is 0. The third-order valence-corrected chi connectivity index (χ3v) is 3.43. The number of carbonyl (C=O) groups excluding carboxylic acids is 1. The van der Waals surface area contributed by atoms with Crippen LogP contribution >= 0.6 is 0 Å². The van der Waals surface area contributed by atoms with Crippen LogP contribution in [0.4, 0.5) is 5.69 Å². The minimum Gasteiger partial charge on any atom is -0.497 e. The van der Waals surface area contributed by atoms with Crippen molar-refractivity contribution in [3.05, 3.63) is 47.3 Å². The van der Waals surface area contributed by atoms with Gasteiger partial charge in [0.1, 0.15) is 17.4 Å². The van der Waals surface area contributed by atoms with Gasteiger partial charge in [-0.1, -0.05) is 20.8 Å². The number of ether oxygens (including phenoxy) is 1. The van der Waals surface area contributed by atoms with Crippen LogP contribution in [0.1, 0.15) is 32.0 Å². The van der Waals surface area contributed by atoms with Crippen LogP contribution in [0.15, 0.2) is 36.0 Å². The van der Waals surface area contributed by atoms with E-state index in [1.807, 2.05) is 26.8 Å². The number of anilines is 1. The summed E-state index contributed by atoms with van der Waals surface area (Å²) < 4.78 is 5.07. The quantitative estimate of drug-likeness (QED) is 0.667. The van der Waals surface area contributed by atoms with E-state index in [-0.39, 0.29) is 11.0 Å². The van der Waals surface area contributed by atoms with Crippen molar-refractivity contribution >= 4 is 17.7 Å². The van der Waals surface area contributed by atoms with Crippen molar-refractivity contribution in [2.45, 2.75) is 26.2 Å². The predicted octanol–water partition coefficient (Wildman–Crippen LogP) is 3.26. The topological polar surface area (TPSA) is 90.8 Å². The maximum absolute atomic E-state index is 12.3. The van der Waals surface area contributed by atoms with Crippen LogP contribution in [0.5, 0.6) is 5.75 Å². The Morgan fingerprint density at radius 3 is 2.54 bits per heavy atom. The zero-order valence-electron chi connectivity index (χ0n) is 14.2. The molecule has 0 aliphatic rings. The summed E-state index contributed by atoms with van der Waals surface area (Å²) in [6, 6.07) is 8.84. The van der Waals surface area contributed by atoms with Gasteiger partial charge in [-0.3, -0.25) is 9.89 Å². The first-order valence-electron chi connectivity index (χ1n) is 7.46. The molecule has 0 saturated heterocycles. The number of hydrogen-bond acceptors (Lipinski definition) is 4. The van der Waals surface area contributed by atoms with Gasteiger partial charge in [-0.25, -0.2) is 0 Å². The summed E-state index contributed by atoms with van der Waals surface area (Å²) in [6.45, 7) is 6.09. The molecule has 0 fully saturated rings. The van der Waals surface area contributed by atoms with Gasteiger partial charge in [0.15, 0.2) is 0 Å². The molecule has 2 aromatic rings. The van der Waals surface area contributed by atoms with Crippen molar-refractivity contribution in [1.82, 2.24) is 10.2 Å². The number of benzene rings is 1. The molecule has 0 saturated carbocycles. The molecule has 1 aromatic carbocycles. The summed E-state index contributed by atoms with van der Waals surface area (Å²) in [6.07, 6.45) is 3.15. The SMILES string of the molecule is COc1ccc(NC(=O)C(C#N)=Cc2cn[nH]c2C(C)(C)C)cc1. The Bertz CT molecular complexity index is 790. The van der Waals surface area contributed by atoms with Gasteiger partial charge >= 0.3 is 0 Å². The summed E-state index contributed by atoms with van der Waals surface area (Å²) in [5.41, 5.74) is 2.02. The molecule has 0 radical (unpaired) electrons. The van der Waals surface area contributed by atoms with E-state index < -0.39 is 5.91 Å². The highest BCUT2D eigenvalue weighted by atomic mass is 16.5. The maximum atomic E-state index is 12.3. The molecule has 6 nitrogen and oxygen atoms in total. The van der Waals surface area contributed by atoms with E-state index in [1.165, 1.54) is 0 Å². The van der Waals surface area contributed by atoms with Gasteiger partial charge in [-0.15, -0.1) is 0 Å². The van der Waals surface area contributed by atoms with Crippen LogP contribution in [-0.2, 0) is 10.2 Å². The van der Waals surface area contributed by atoms with Crippen molar-refractivity contribution in [3.8, 4) is 11.8 Å². The molecular formula is C18H20N4O2. The number of amides is 1. The van der Waals surface area contributed by atoms with Crippen molar-refractivity contribution in [3.63, 3.8) is 0 Å². The lowest BCUT2D eigenvalue weighted by molar-refractivity contribution is -0.112. The highest BCUT2D eigenvalue weighted by Gasteiger charge is 2.20. The number of nitrogens with zero attached hydrogens (tertiary/aromatic N) is 2. The average molecular weight is 324 g/mol. The second-order valence-corrected chi connectivity index (χ2v) is 6.30. The molecule has 1 aromatic heterocycles. The fraction of sp³-hybridized carbons (Fsp3) is 0.278. The summed E-state index contributed by atoms with van der Waals surface area (Å²) in [7, 11) is 1.57. The minimum absolute atomic E-state index is 0.0118. The summed E-state index contributed by atoms with van der Waals surface area (Å²) in [4.78, 5) is 12.3. The smallest absolute Gasteiger partial charge is 0.266 e. The Morgan fingerprint density at radius 2 is 2.00 bits per heavy atom. The predicted molar refractivity (Wildman–Crippen MR) is 92.5 cm³/mol. The molecule has 2 rings (SSSR count). The first-order chi connectivity index (χ1) is 11.3. The monoisotopic (exact) mass is 324 g/mol. The second-order valence-electron chi connectivity index (χ2n) is 6.30. The number of aromatic nitrogens is 2. The van der Waals surface area contributed by atoms with Crippen LogP contribution in [0.25, 0.3) is 6.08 Å². The average Bonchev–Trinajstić information content (AvgIpc) is 3.01. The van der Waals surface area contributed by atoms with Gasteiger partial charge in [0.2, 0.25) is 0 Å².